The Hall–Kier alpha value is -3.73. The molecule has 7 nitrogen and oxygen atoms in total. The van der Waals surface area contributed by atoms with Crippen LogP contribution in [0.1, 0.15) is 34.1 Å². The molecule has 41 heavy (non-hydrogen) atoms. The summed E-state index contributed by atoms with van der Waals surface area (Å²) in [5, 5.41) is 4.47. The number of hydrogen-bond donors (Lipinski definition) is 1. The maximum atomic E-state index is 14.0. The Morgan fingerprint density at radius 1 is 1.10 bits per heavy atom. The summed E-state index contributed by atoms with van der Waals surface area (Å²) in [7, 11) is 1.32. The molecular formula is C31H27N3O4S3. The van der Waals surface area contributed by atoms with Crippen LogP contribution in [0.5, 0.6) is 0 Å². The maximum Gasteiger partial charge on any atom is 0.340 e. The van der Waals surface area contributed by atoms with E-state index in [1.807, 2.05) is 60.7 Å². The molecule has 1 atom stereocenters. The number of aromatic nitrogens is 2. The van der Waals surface area contributed by atoms with Crippen LogP contribution in [0.4, 0.5) is 5.00 Å². The topological polar surface area (TPSA) is 90.3 Å². The number of ether oxygens (including phenoxy) is 1. The zero-order valence-corrected chi connectivity index (χ0v) is 25.0. The Kier molecular flexibility index (Phi) is 7.79. The highest BCUT2D eigenvalue weighted by Crippen LogP contribution is 2.38. The quantitative estimate of drug-likeness (QED) is 0.125. The van der Waals surface area contributed by atoms with Crippen LogP contribution in [0.15, 0.2) is 76.7 Å². The molecule has 2 aromatic carbocycles. The van der Waals surface area contributed by atoms with E-state index >= 15 is 0 Å². The summed E-state index contributed by atoms with van der Waals surface area (Å²) in [4.78, 5) is 47.4. The summed E-state index contributed by atoms with van der Waals surface area (Å²) >= 11 is 4.11. The molecule has 0 aliphatic heterocycles. The lowest BCUT2D eigenvalue weighted by Gasteiger charge is -2.17. The van der Waals surface area contributed by atoms with Gasteiger partial charge in [-0.2, -0.15) is 0 Å². The zero-order chi connectivity index (χ0) is 28.5. The Balaban J connectivity index is 1.31. The molecule has 0 saturated carbocycles. The number of benzene rings is 2. The van der Waals surface area contributed by atoms with Crippen molar-refractivity contribution in [2.45, 2.75) is 31.3 Å². The molecule has 1 aliphatic carbocycles. The van der Waals surface area contributed by atoms with Crippen molar-refractivity contribution in [2.24, 2.45) is 5.92 Å². The first-order chi connectivity index (χ1) is 19.9. The second kappa shape index (κ2) is 11.6. The monoisotopic (exact) mass is 601 g/mol. The van der Waals surface area contributed by atoms with Crippen LogP contribution >= 0.6 is 34.4 Å². The van der Waals surface area contributed by atoms with Gasteiger partial charge in [-0.1, -0.05) is 67.2 Å². The summed E-state index contributed by atoms with van der Waals surface area (Å²) < 4.78 is 6.58. The van der Waals surface area contributed by atoms with Crippen molar-refractivity contribution in [3.8, 4) is 16.1 Å². The number of carbonyl (C=O) groups is 2. The lowest BCUT2D eigenvalue weighted by molar-refractivity contribution is -0.113. The van der Waals surface area contributed by atoms with Gasteiger partial charge < -0.3 is 10.1 Å². The number of thioether (sulfide) groups is 1. The third kappa shape index (κ3) is 5.47. The van der Waals surface area contributed by atoms with Crippen LogP contribution in [0, 0.1) is 5.92 Å². The van der Waals surface area contributed by atoms with Crippen LogP contribution in [-0.2, 0) is 22.4 Å². The van der Waals surface area contributed by atoms with E-state index in [0.29, 0.717) is 32.7 Å². The minimum absolute atomic E-state index is 0.00604. The van der Waals surface area contributed by atoms with E-state index < -0.39 is 5.97 Å². The molecule has 0 bridgehead atoms. The van der Waals surface area contributed by atoms with Gasteiger partial charge in [0.25, 0.3) is 5.56 Å². The summed E-state index contributed by atoms with van der Waals surface area (Å²) in [6.07, 6.45) is 2.90. The maximum absolute atomic E-state index is 14.0. The minimum atomic E-state index is -0.521. The van der Waals surface area contributed by atoms with Crippen molar-refractivity contribution in [2.75, 3.05) is 18.2 Å². The van der Waals surface area contributed by atoms with Gasteiger partial charge in [0, 0.05) is 9.75 Å². The van der Waals surface area contributed by atoms with E-state index in [1.165, 1.54) is 35.1 Å². The molecule has 0 saturated heterocycles. The molecule has 0 fully saturated rings. The predicted octanol–water partition coefficient (Wildman–Crippen LogP) is 6.82. The lowest BCUT2D eigenvalue weighted by atomic mass is 9.89. The van der Waals surface area contributed by atoms with Crippen LogP contribution < -0.4 is 10.9 Å². The van der Waals surface area contributed by atoms with E-state index in [0.717, 1.165) is 40.1 Å². The van der Waals surface area contributed by atoms with Gasteiger partial charge >= 0.3 is 5.97 Å². The highest BCUT2D eigenvalue weighted by atomic mass is 32.2. The van der Waals surface area contributed by atoms with Crippen LogP contribution in [0.2, 0.25) is 0 Å². The standard InChI is InChI=1S/C31H27N3O4S3/c1-18-13-14-21-24(15-18)41-28-26(21)29(36)34(20-11-7-4-8-12-20)31(33-28)39-17-25(35)32-27-22(30(37)38-2)16-23(40-27)19-9-5-3-6-10-19/h3-12,16,18H,13-15,17H2,1-2H3,(H,32,35)/t18-/m1/s1. The number of thiophene rings is 2. The number of amides is 1. The third-order valence-electron chi connectivity index (χ3n) is 7.09. The van der Waals surface area contributed by atoms with Gasteiger partial charge in [-0.25, -0.2) is 9.78 Å². The average Bonchev–Trinajstić information content (AvgIpc) is 3.57. The molecule has 0 radical (unpaired) electrons. The number of esters is 1. The molecule has 3 aromatic heterocycles. The summed E-state index contributed by atoms with van der Waals surface area (Å²) in [6, 6.07) is 20.8. The second-order valence-corrected chi connectivity index (χ2v) is 13.0. The lowest BCUT2D eigenvalue weighted by Crippen LogP contribution is -2.23. The van der Waals surface area contributed by atoms with Crippen molar-refractivity contribution < 1.29 is 14.3 Å². The van der Waals surface area contributed by atoms with Crippen molar-refractivity contribution >= 4 is 61.5 Å². The SMILES string of the molecule is COC(=O)c1cc(-c2ccccc2)sc1NC(=O)CSc1nc2sc3c(c2c(=O)n1-c1ccccc1)CC[C@@H](C)C3. The number of aryl methyl sites for hydroxylation is 1. The Labute approximate surface area is 249 Å². The van der Waals surface area contributed by atoms with E-state index in [-0.39, 0.29) is 17.2 Å². The van der Waals surface area contributed by atoms with Gasteiger partial charge in [-0.05, 0) is 54.5 Å². The molecule has 1 amide bonds. The van der Waals surface area contributed by atoms with Gasteiger partial charge in [0.1, 0.15) is 9.83 Å². The third-order valence-corrected chi connectivity index (χ3v) is 10.3. The fourth-order valence-corrected chi connectivity index (χ4v) is 8.36. The summed E-state index contributed by atoms with van der Waals surface area (Å²) in [6.45, 7) is 2.24. The molecule has 5 aromatic rings. The number of nitrogens with one attached hydrogen (secondary N) is 1. The number of carbonyl (C=O) groups excluding carboxylic acids is 2. The molecular weight excluding hydrogens is 575 g/mol. The van der Waals surface area contributed by atoms with E-state index in [2.05, 4.69) is 12.2 Å². The van der Waals surface area contributed by atoms with Gasteiger partial charge in [0.2, 0.25) is 5.91 Å². The Morgan fingerprint density at radius 3 is 2.56 bits per heavy atom. The van der Waals surface area contributed by atoms with Crippen molar-refractivity contribution in [3.05, 3.63) is 93.1 Å². The number of hydrogen-bond acceptors (Lipinski definition) is 8. The van der Waals surface area contributed by atoms with Gasteiger partial charge in [-0.3, -0.25) is 14.2 Å². The minimum Gasteiger partial charge on any atom is -0.465 e. The Bertz CT molecular complexity index is 1810. The molecule has 1 aliphatic rings. The second-order valence-electron chi connectivity index (χ2n) is 9.95. The van der Waals surface area contributed by atoms with E-state index in [4.69, 9.17) is 9.72 Å². The molecule has 10 heteroatoms. The van der Waals surface area contributed by atoms with Gasteiger partial charge in [0.05, 0.1) is 29.5 Å². The first-order valence-corrected chi connectivity index (χ1v) is 15.9. The van der Waals surface area contributed by atoms with Gasteiger partial charge in [0.15, 0.2) is 5.16 Å². The Morgan fingerprint density at radius 2 is 1.83 bits per heavy atom. The molecule has 3 heterocycles. The first-order valence-electron chi connectivity index (χ1n) is 13.3. The number of para-hydroxylation sites is 1. The number of nitrogens with zero attached hydrogens (tertiary/aromatic N) is 2. The zero-order valence-electron chi connectivity index (χ0n) is 22.5. The predicted molar refractivity (Wildman–Crippen MR) is 167 cm³/mol. The summed E-state index contributed by atoms with van der Waals surface area (Å²) in [5.74, 6) is -0.243. The molecule has 0 spiro atoms. The number of methoxy groups -OCH3 is 1. The molecule has 1 N–H and O–H groups in total. The van der Waals surface area contributed by atoms with Crippen LogP contribution in [0.3, 0.4) is 0 Å². The smallest absolute Gasteiger partial charge is 0.340 e. The van der Waals surface area contributed by atoms with E-state index in [9.17, 15) is 14.4 Å². The number of anilines is 1. The highest BCUT2D eigenvalue weighted by Gasteiger charge is 2.26. The van der Waals surface area contributed by atoms with Crippen molar-refractivity contribution in [1.82, 2.24) is 9.55 Å². The normalized spacial score (nSPS) is 14.5. The molecule has 208 valence electrons. The fourth-order valence-electron chi connectivity index (χ4n) is 5.06. The highest BCUT2D eigenvalue weighted by molar-refractivity contribution is 7.99. The van der Waals surface area contributed by atoms with Crippen molar-refractivity contribution in [1.29, 1.82) is 0 Å². The van der Waals surface area contributed by atoms with Crippen molar-refractivity contribution in [3.63, 3.8) is 0 Å². The average molecular weight is 602 g/mol. The summed E-state index contributed by atoms with van der Waals surface area (Å²) in [5.41, 5.74) is 2.97. The molecule has 6 rings (SSSR count). The first kappa shape index (κ1) is 27.4. The number of fused-ring (bicyclic) bond motifs is 3. The largest absolute Gasteiger partial charge is 0.465 e. The fraction of sp³-hybridized carbons (Fsp3) is 0.226. The molecule has 0 unspecified atom stereocenters. The van der Waals surface area contributed by atoms with E-state index in [1.54, 1.807) is 22.0 Å². The van der Waals surface area contributed by atoms with Crippen LogP contribution in [0.25, 0.3) is 26.3 Å². The number of rotatable bonds is 7. The van der Waals surface area contributed by atoms with Gasteiger partial charge in [-0.15, -0.1) is 22.7 Å². The van der Waals surface area contributed by atoms with Crippen LogP contribution in [-0.4, -0.2) is 34.3 Å².